The molecule has 0 unspecified atom stereocenters. The molecule has 1 heterocycles. The van der Waals surface area contributed by atoms with Gasteiger partial charge in [-0.2, -0.15) is 0 Å². The fourth-order valence-electron chi connectivity index (χ4n) is 2.16. The minimum atomic E-state index is -0.381. The van der Waals surface area contributed by atoms with Gasteiger partial charge < -0.3 is 30.7 Å². The van der Waals surface area contributed by atoms with Gasteiger partial charge in [0.15, 0.2) is 6.61 Å². The number of benzene rings is 1. The first-order valence-corrected chi connectivity index (χ1v) is 8.21. The van der Waals surface area contributed by atoms with E-state index in [0.717, 1.165) is 31.7 Å². The second kappa shape index (κ2) is 12.4. The van der Waals surface area contributed by atoms with E-state index in [2.05, 4.69) is 5.32 Å². The first-order chi connectivity index (χ1) is 11.2. The lowest BCUT2D eigenvalue weighted by Gasteiger charge is -2.25. The van der Waals surface area contributed by atoms with Crippen LogP contribution in [-0.4, -0.2) is 43.9 Å². The second-order valence-corrected chi connectivity index (χ2v) is 4.87. The zero-order valence-corrected chi connectivity index (χ0v) is 14.8. The SMILES string of the molecule is CC.CCOC(=O)COc1ccc(N)c(NC2CCOCC2)c1.O.[HH]. The number of carbonyl (C=O) groups is 1. The molecule has 1 aliphatic rings. The molecule has 1 aromatic carbocycles. The van der Waals surface area contributed by atoms with Crippen molar-refractivity contribution in [3.8, 4) is 5.75 Å². The molecule has 1 saturated heterocycles. The van der Waals surface area contributed by atoms with Crippen LogP contribution in [0.3, 0.4) is 0 Å². The number of rotatable bonds is 6. The summed E-state index contributed by atoms with van der Waals surface area (Å²) < 4.78 is 15.6. The van der Waals surface area contributed by atoms with E-state index in [1.54, 1.807) is 19.1 Å². The Morgan fingerprint density at radius 3 is 2.67 bits per heavy atom. The third-order valence-corrected chi connectivity index (χ3v) is 3.27. The average molecular weight is 344 g/mol. The Labute approximate surface area is 145 Å². The number of carbonyl (C=O) groups excluding carboxylic acids is 1. The molecule has 5 N–H and O–H groups in total. The van der Waals surface area contributed by atoms with Gasteiger partial charge in [0.2, 0.25) is 0 Å². The maximum Gasteiger partial charge on any atom is 0.344 e. The van der Waals surface area contributed by atoms with Crippen molar-refractivity contribution in [1.29, 1.82) is 0 Å². The number of anilines is 2. The number of ether oxygens (including phenoxy) is 3. The van der Waals surface area contributed by atoms with Crippen LogP contribution in [-0.2, 0) is 14.3 Å². The van der Waals surface area contributed by atoms with Crippen LogP contribution >= 0.6 is 0 Å². The van der Waals surface area contributed by atoms with E-state index in [1.807, 2.05) is 19.9 Å². The summed E-state index contributed by atoms with van der Waals surface area (Å²) in [4.78, 5) is 11.3. The van der Waals surface area contributed by atoms with Crippen LogP contribution in [0.25, 0.3) is 0 Å². The highest BCUT2D eigenvalue weighted by Crippen LogP contribution is 2.26. The van der Waals surface area contributed by atoms with Gasteiger partial charge in [0, 0.05) is 26.7 Å². The molecule has 0 radical (unpaired) electrons. The van der Waals surface area contributed by atoms with Crippen LogP contribution in [0.5, 0.6) is 5.75 Å². The minimum Gasteiger partial charge on any atom is -0.482 e. The Balaban J connectivity index is 0. The minimum absolute atomic E-state index is 0. The van der Waals surface area contributed by atoms with Crippen LogP contribution in [0.2, 0.25) is 0 Å². The Morgan fingerprint density at radius 1 is 1.38 bits per heavy atom. The summed E-state index contributed by atoms with van der Waals surface area (Å²) in [5.74, 6) is 0.208. The van der Waals surface area contributed by atoms with E-state index in [9.17, 15) is 4.79 Å². The fraction of sp³-hybridized carbons (Fsp3) is 0.588. The van der Waals surface area contributed by atoms with Crippen molar-refractivity contribution < 1.29 is 25.9 Å². The van der Waals surface area contributed by atoms with Crippen molar-refractivity contribution in [3.63, 3.8) is 0 Å². The van der Waals surface area contributed by atoms with E-state index in [-0.39, 0.29) is 19.5 Å². The van der Waals surface area contributed by atoms with Crippen molar-refractivity contribution in [2.24, 2.45) is 0 Å². The molecule has 0 aromatic heterocycles. The van der Waals surface area contributed by atoms with E-state index >= 15 is 0 Å². The van der Waals surface area contributed by atoms with Gasteiger partial charge in [0.1, 0.15) is 5.75 Å². The maximum atomic E-state index is 11.3. The Morgan fingerprint density at radius 2 is 2.04 bits per heavy atom. The summed E-state index contributed by atoms with van der Waals surface area (Å²) >= 11 is 0. The van der Waals surface area contributed by atoms with E-state index < -0.39 is 0 Å². The highest BCUT2D eigenvalue weighted by molar-refractivity contribution is 5.72. The summed E-state index contributed by atoms with van der Waals surface area (Å²) in [5.41, 5.74) is 7.45. The second-order valence-electron chi connectivity index (χ2n) is 4.87. The van der Waals surface area contributed by atoms with Gasteiger partial charge in [-0.25, -0.2) is 4.79 Å². The number of nitrogens with one attached hydrogen (secondary N) is 1. The van der Waals surface area contributed by atoms with E-state index in [1.165, 1.54) is 0 Å². The molecule has 7 nitrogen and oxygen atoms in total. The summed E-state index contributed by atoms with van der Waals surface area (Å²) in [5, 5.41) is 3.40. The zero-order chi connectivity index (χ0) is 17.1. The van der Waals surface area contributed by atoms with Gasteiger partial charge in [0.25, 0.3) is 0 Å². The first-order valence-electron chi connectivity index (χ1n) is 8.21. The molecule has 1 fully saturated rings. The van der Waals surface area contributed by atoms with Crippen LogP contribution in [0.4, 0.5) is 11.4 Å². The van der Waals surface area contributed by atoms with Gasteiger partial charge in [0.05, 0.1) is 18.0 Å². The molecule has 0 saturated carbocycles. The molecule has 7 heteroatoms. The van der Waals surface area contributed by atoms with E-state index in [0.29, 0.717) is 24.1 Å². The first kappa shape index (κ1) is 22.0. The lowest BCUT2D eigenvalue weighted by molar-refractivity contribution is -0.145. The van der Waals surface area contributed by atoms with Gasteiger partial charge >= 0.3 is 5.97 Å². The van der Waals surface area contributed by atoms with Crippen molar-refractivity contribution in [2.75, 3.05) is 37.5 Å². The number of esters is 1. The predicted octanol–water partition coefficient (Wildman–Crippen LogP) is 2.25. The molecule has 140 valence electrons. The quantitative estimate of drug-likeness (QED) is 0.604. The van der Waals surface area contributed by atoms with Crippen molar-refractivity contribution >= 4 is 17.3 Å². The number of hydrogen-bond donors (Lipinski definition) is 2. The summed E-state index contributed by atoms with van der Waals surface area (Å²) in [6.45, 7) is 7.53. The van der Waals surface area contributed by atoms with Gasteiger partial charge in [-0.3, -0.25) is 0 Å². The third kappa shape index (κ3) is 7.52. The lowest BCUT2D eigenvalue weighted by Crippen LogP contribution is -2.28. The zero-order valence-electron chi connectivity index (χ0n) is 14.8. The standard InChI is InChI=1S/C15H22N2O4.C2H6.H2O.H2/c1-2-20-15(18)10-21-12-3-4-13(16)14(9-12)17-11-5-7-19-8-6-11;1-2;;/h3-4,9,11,17H,2,5-8,10,16H2,1H3;1-2H3;1H2;1H. The lowest BCUT2D eigenvalue weighted by atomic mass is 10.1. The Bertz CT molecular complexity index is 482. The molecule has 0 spiro atoms. The maximum absolute atomic E-state index is 11.3. The topological polar surface area (TPSA) is 114 Å². The van der Waals surface area contributed by atoms with Gasteiger partial charge in [-0.1, -0.05) is 13.8 Å². The molecule has 24 heavy (non-hydrogen) atoms. The Hall–Kier alpha value is -1.99. The summed E-state index contributed by atoms with van der Waals surface area (Å²) in [7, 11) is 0. The van der Waals surface area contributed by atoms with Crippen LogP contribution in [0.1, 0.15) is 35.0 Å². The molecule has 0 aliphatic carbocycles. The largest absolute Gasteiger partial charge is 0.482 e. The molecular formula is C17H32N2O5. The molecule has 0 atom stereocenters. The Kier molecular flexibility index (Phi) is 11.4. The van der Waals surface area contributed by atoms with Crippen molar-refractivity contribution in [2.45, 2.75) is 39.7 Å². The van der Waals surface area contributed by atoms with Crippen molar-refractivity contribution in [1.82, 2.24) is 0 Å². The smallest absolute Gasteiger partial charge is 0.344 e. The van der Waals surface area contributed by atoms with Crippen LogP contribution in [0.15, 0.2) is 18.2 Å². The normalized spacial score (nSPS) is 13.8. The molecule has 2 rings (SSSR count). The highest BCUT2D eigenvalue weighted by atomic mass is 16.6. The van der Waals surface area contributed by atoms with E-state index in [4.69, 9.17) is 19.9 Å². The highest BCUT2D eigenvalue weighted by Gasteiger charge is 2.15. The monoisotopic (exact) mass is 344 g/mol. The summed E-state index contributed by atoms with van der Waals surface area (Å²) in [6.07, 6.45) is 1.90. The summed E-state index contributed by atoms with van der Waals surface area (Å²) in [6, 6.07) is 5.66. The molecule has 1 aromatic rings. The average Bonchev–Trinajstić information content (AvgIpc) is 2.58. The van der Waals surface area contributed by atoms with Gasteiger partial charge in [-0.15, -0.1) is 0 Å². The number of nitrogens with two attached hydrogens (primary N) is 1. The predicted molar refractivity (Wildman–Crippen MR) is 97.5 cm³/mol. The molecule has 0 bridgehead atoms. The molecular weight excluding hydrogens is 312 g/mol. The van der Waals surface area contributed by atoms with Crippen LogP contribution in [0, 0.1) is 0 Å². The van der Waals surface area contributed by atoms with Crippen molar-refractivity contribution in [3.05, 3.63) is 18.2 Å². The van der Waals surface area contributed by atoms with Crippen LogP contribution < -0.4 is 15.8 Å². The number of nitrogen functional groups attached to an aromatic ring is 1. The molecule has 1 aliphatic heterocycles. The third-order valence-electron chi connectivity index (χ3n) is 3.27. The molecule has 0 amide bonds. The van der Waals surface area contributed by atoms with Gasteiger partial charge in [-0.05, 0) is 31.9 Å². The number of hydrogen-bond acceptors (Lipinski definition) is 6. The fourth-order valence-corrected chi connectivity index (χ4v) is 2.16.